The summed E-state index contributed by atoms with van der Waals surface area (Å²) in [5.41, 5.74) is 4.83. The maximum atomic E-state index is 12.5. The molecule has 6 nitrogen and oxygen atoms in total. The molecule has 2 heterocycles. The van der Waals surface area contributed by atoms with Gasteiger partial charge in [-0.2, -0.15) is 0 Å². The van der Waals surface area contributed by atoms with E-state index in [-0.39, 0.29) is 24.2 Å². The third kappa shape index (κ3) is 3.67. The van der Waals surface area contributed by atoms with E-state index in [2.05, 4.69) is 52.1 Å². The van der Waals surface area contributed by atoms with E-state index in [0.29, 0.717) is 5.65 Å². The first-order valence-corrected chi connectivity index (χ1v) is 9.46. The van der Waals surface area contributed by atoms with Crippen molar-refractivity contribution < 1.29 is 4.79 Å². The summed E-state index contributed by atoms with van der Waals surface area (Å²) in [6, 6.07) is 7.71. The van der Waals surface area contributed by atoms with E-state index < -0.39 is 0 Å². The van der Waals surface area contributed by atoms with Crippen molar-refractivity contribution in [2.75, 3.05) is 0 Å². The Morgan fingerprint density at radius 3 is 2.54 bits per heavy atom. The van der Waals surface area contributed by atoms with Crippen molar-refractivity contribution in [1.29, 1.82) is 0 Å². The predicted molar refractivity (Wildman–Crippen MR) is 109 cm³/mol. The molecule has 1 amide bonds. The van der Waals surface area contributed by atoms with Crippen molar-refractivity contribution in [1.82, 2.24) is 19.5 Å². The van der Waals surface area contributed by atoms with E-state index in [1.807, 2.05) is 26.8 Å². The van der Waals surface area contributed by atoms with Crippen molar-refractivity contribution in [2.45, 2.75) is 40.3 Å². The van der Waals surface area contributed by atoms with Gasteiger partial charge in [0, 0.05) is 9.77 Å². The maximum absolute atomic E-state index is 12.5. The predicted octanol–water partition coefficient (Wildman–Crippen LogP) is 2.90. The lowest BCUT2D eigenvalue weighted by Gasteiger charge is -2.19. The zero-order chi connectivity index (χ0) is 19.0. The first kappa shape index (κ1) is 18.6. The Labute approximate surface area is 165 Å². The lowest BCUT2D eigenvalue weighted by atomic mass is 9.95. The van der Waals surface area contributed by atoms with E-state index >= 15 is 0 Å². The molecule has 0 aliphatic heterocycles. The summed E-state index contributed by atoms with van der Waals surface area (Å²) in [7, 11) is 0. The highest BCUT2D eigenvalue weighted by Gasteiger charge is 2.16. The summed E-state index contributed by atoms with van der Waals surface area (Å²) in [5.74, 6) is -0.239. The van der Waals surface area contributed by atoms with E-state index in [0.717, 1.165) is 20.3 Å². The van der Waals surface area contributed by atoms with E-state index in [1.54, 1.807) is 12.3 Å². The summed E-state index contributed by atoms with van der Waals surface area (Å²) < 4.78 is 3.62. The lowest BCUT2D eigenvalue weighted by Crippen LogP contribution is -2.34. The molecule has 26 heavy (non-hydrogen) atoms. The van der Waals surface area contributed by atoms with Gasteiger partial charge in [0.05, 0.1) is 6.04 Å². The number of amides is 1. The van der Waals surface area contributed by atoms with Crippen LogP contribution < -0.4 is 11.0 Å². The molecule has 3 aromatic rings. The third-order valence-corrected chi connectivity index (χ3v) is 5.06. The third-order valence-electron chi connectivity index (χ3n) is 4.39. The van der Waals surface area contributed by atoms with Crippen molar-refractivity contribution in [3.8, 4) is 0 Å². The van der Waals surface area contributed by atoms with Crippen LogP contribution in [0.1, 0.15) is 35.2 Å². The minimum absolute atomic E-state index is 0.106. The average Bonchev–Trinajstić information content (AvgIpc) is 2.81. The topological polar surface area (TPSA) is 68.4 Å². The number of aromatic nitrogens is 3. The standard InChI is InChI=1S/C19H21IN4O2/c1-11-7-12(2)18(13(3)8-11)14(4)21-17(25)10-24-19(26)23-6-5-15(20)9-16(23)22-24/h5-9,14H,10H2,1-4H3,(H,21,25)/t14-/m0/s1. The minimum Gasteiger partial charge on any atom is -0.348 e. The quantitative estimate of drug-likeness (QED) is 0.604. The maximum Gasteiger partial charge on any atom is 0.350 e. The summed E-state index contributed by atoms with van der Waals surface area (Å²) in [6.45, 7) is 8.01. The van der Waals surface area contributed by atoms with E-state index in [1.165, 1.54) is 14.6 Å². The molecule has 0 aliphatic carbocycles. The van der Waals surface area contributed by atoms with Crippen LogP contribution in [0, 0.1) is 24.3 Å². The van der Waals surface area contributed by atoms with Gasteiger partial charge < -0.3 is 5.32 Å². The van der Waals surface area contributed by atoms with Crippen LogP contribution in [0.15, 0.2) is 35.3 Å². The average molecular weight is 464 g/mol. The van der Waals surface area contributed by atoms with Crippen LogP contribution in [0.2, 0.25) is 0 Å². The van der Waals surface area contributed by atoms with Crippen molar-refractivity contribution in [3.63, 3.8) is 0 Å². The molecule has 0 spiro atoms. The number of carbonyl (C=O) groups is 1. The molecule has 2 aromatic heterocycles. The largest absolute Gasteiger partial charge is 0.350 e. The number of fused-ring (bicyclic) bond motifs is 1. The molecule has 7 heteroatoms. The van der Waals surface area contributed by atoms with Gasteiger partial charge in [-0.1, -0.05) is 17.7 Å². The molecule has 1 aromatic carbocycles. The minimum atomic E-state index is -0.318. The highest BCUT2D eigenvalue weighted by molar-refractivity contribution is 14.1. The van der Waals surface area contributed by atoms with Crippen molar-refractivity contribution >= 4 is 34.1 Å². The van der Waals surface area contributed by atoms with Crippen molar-refractivity contribution in [2.24, 2.45) is 0 Å². The van der Waals surface area contributed by atoms with Gasteiger partial charge in [-0.15, -0.1) is 5.10 Å². The monoisotopic (exact) mass is 464 g/mol. The highest BCUT2D eigenvalue weighted by Crippen LogP contribution is 2.23. The Morgan fingerprint density at radius 1 is 1.23 bits per heavy atom. The van der Waals surface area contributed by atoms with Gasteiger partial charge in [0.25, 0.3) is 0 Å². The van der Waals surface area contributed by atoms with Gasteiger partial charge in [0.15, 0.2) is 5.65 Å². The number of nitrogens with zero attached hydrogens (tertiary/aromatic N) is 3. The summed E-state index contributed by atoms with van der Waals surface area (Å²) in [5, 5.41) is 7.22. The van der Waals surface area contributed by atoms with Gasteiger partial charge in [0.1, 0.15) is 6.54 Å². The van der Waals surface area contributed by atoms with Gasteiger partial charge in [0.2, 0.25) is 5.91 Å². The van der Waals surface area contributed by atoms with Crippen LogP contribution in [0.3, 0.4) is 0 Å². The fraction of sp³-hybridized carbons (Fsp3) is 0.316. The number of pyridine rings is 1. The van der Waals surface area contributed by atoms with Crippen LogP contribution in [-0.2, 0) is 11.3 Å². The second-order valence-electron chi connectivity index (χ2n) is 6.61. The Hall–Kier alpha value is -2.16. The zero-order valence-electron chi connectivity index (χ0n) is 15.2. The van der Waals surface area contributed by atoms with Gasteiger partial charge in [-0.3, -0.25) is 9.20 Å². The Morgan fingerprint density at radius 2 is 1.88 bits per heavy atom. The second kappa shape index (κ2) is 7.22. The van der Waals surface area contributed by atoms with Gasteiger partial charge in [-0.05, 0) is 79.1 Å². The Balaban J connectivity index is 1.79. The number of halogens is 1. The molecule has 0 radical (unpaired) electrons. The molecule has 0 saturated carbocycles. The zero-order valence-corrected chi connectivity index (χ0v) is 17.4. The number of nitrogens with one attached hydrogen (secondary N) is 1. The number of hydrogen-bond donors (Lipinski definition) is 1. The fourth-order valence-electron chi connectivity index (χ4n) is 3.47. The first-order chi connectivity index (χ1) is 12.3. The molecular formula is C19H21IN4O2. The first-order valence-electron chi connectivity index (χ1n) is 8.38. The molecule has 0 saturated heterocycles. The summed E-state index contributed by atoms with van der Waals surface area (Å²) in [6.07, 6.45) is 1.67. The van der Waals surface area contributed by atoms with Gasteiger partial charge >= 0.3 is 5.69 Å². The molecule has 0 unspecified atom stereocenters. The van der Waals surface area contributed by atoms with Crippen LogP contribution in [0.4, 0.5) is 0 Å². The van der Waals surface area contributed by atoms with Crippen LogP contribution in [0.25, 0.3) is 5.65 Å². The second-order valence-corrected chi connectivity index (χ2v) is 7.86. The van der Waals surface area contributed by atoms with Crippen LogP contribution in [-0.4, -0.2) is 20.1 Å². The summed E-state index contributed by atoms with van der Waals surface area (Å²) in [4.78, 5) is 24.8. The molecule has 0 bridgehead atoms. The van der Waals surface area contributed by atoms with E-state index in [4.69, 9.17) is 0 Å². The number of benzene rings is 1. The molecule has 0 aliphatic rings. The number of aryl methyl sites for hydroxylation is 3. The molecule has 136 valence electrons. The number of rotatable bonds is 4. The Bertz CT molecular complexity index is 1030. The number of hydrogen-bond acceptors (Lipinski definition) is 3. The highest BCUT2D eigenvalue weighted by atomic mass is 127. The van der Waals surface area contributed by atoms with Crippen molar-refractivity contribution in [3.05, 3.63) is 66.8 Å². The normalized spacial score (nSPS) is 12.3. The SMILES string of the molecule is Cc1cc(C)c([C@H](C)NC(=O)Cn2nc3cc(I)ccn3c2=O)c(C)c1. The molecule has 3 rings (SSSR count). The van der Waals surface area contributed by atoms with Gasteiger partial charge in [-0.25, -0.2) is 9.48 Å². The molecule has 1 N–H and O–H groups in total. The molecule has 1 atom stereocenters. The smallest absolute Gasteiger partial charge is 0.348 e. The van der Waals surface area contributed by atoms with E-state index in [9.17, 15) is 9.59 Å². The molecule has 0 fully saturated rings. The fourth-order valence-corrected chi connectivity index (χ4v) is 3.90. The Kier molecular flexibility index (Phi) is 5.17. The lowest BCUT2D eigenvalue weighted by molar-refractivity contribution is -0.122. The van der Waals surface area contributed by atoms with Crippen LogP contribution in [0.5, 0.6) is 0 Å². The number of carbonyl (C=O) groups excluding carboxylic acids is 1. The summed E-state index contributed by atoms with van der Waals surface area (Å²) >= 11 is 2.16. The molecular weight excluding hydrogens is 443 g/mol. The van der Waals surface area contributed by atoms with Crippen LogP contribution >= 0.6 is 22.6 Å².